The summed E-state index contributed by atoms with van der Waals surface area (Å²) in [7, 11) is 0. The zero-order chi connectivity index (χ0) is 15.7. The molecule has 6 nitrogen and oxygen atoms in total. The van der Waals surface area contributed by atoms with E-state index in [9.17, 15) is 18.7 Å². The lowest BCUT2D eigenvalue weighted by Crippen LogP contribution is -2.06. The summed E-state index contributed by atoms with van der Waals surface area (Å²) in [4.78, 5) is 18.2. The summed E-state index contributed by atoms with van der Waals surface area (Å²) in [6, 6.07) is 10.0. The third-order valence-corrected chi connectivity index (χ3v) is 3.84. The lowest BCUT2D eigenvalue weighted by Gasteiger charge is -2.09. The van der Waals surface area contributed by atoms with Crippen LogP contribution in [0.3, 0.4) is 0 Å². The normalized spacial score (nSPS) is 12.4. The topological polar surface area (TPSA) is 106 Å². The van der Waals surface area contributed by atoms with E-state index in [2.05, 4.69) is 9.97 Å². The standard InChI is InChI=1S/C15H12N2O4S/c18-13-6-11(5-12-14(13)16-8-17-15(12)19)10-3-1-2-9(4-10)7-22(20)21/h1-6,8,18H,7H2,(H,20,21)(H,16,17,19)/p-1. The van der Waals surface area contributed by atoms with Crippen LogP contribution in [0.4, 0.5) is 0 Å². The lowest BCUT2D eigenvalue weighted by molar-refractivity contribution is 0.480. The smallest absolute Gasteiger partial charge is 0.258 e. The molecule has 0 saturated carbocycles. The number of phenols is 1. The quantitative estimate of drug-likeness (QED) is 0.715. The number of nitrogens with one attached hydrogen (secondary N) is 1. The minimum Gasteiger partial charge on any atom is -0.772 e. The van der Waals surface area contributed by atoms with Crippen molar-refractivity contribution in [1.82, 2.24) is 9.97 Å². The fourth-order valence-electron chi connectivity index (χ4n) is 2.30. The SMILES string of the molecule is O=c1[nH]cnc2c(O)cc(-c3cccc(CS(=O)[O-])c3)cc12. The van der Waals surface area contributed by atoms with Crippen molar-refractivity contribution in [2.45, 2.75) is 5.75 Å². The van der Waals surface area contributed by atoms with Crippen molar-refractivity contribution < 1.29 is 13.9 Å². The maximum atomic E-state index is 11.8. The monoisotopic (exact) mass is 315 g/mol. The molecule has 3 rings (SSSR count). The van der Waals surface area contributed by atoms with Gasteiger partial charge in [-0.15, -0.1) is 0 Å². The van der Waals surface area contributed by atoms with E-state index in [1.54, 1.807) is 30.3 Å². The number of fused-ring (bicyclic) bond motifs is 1. The molecule has 0 aliphatic carbocycles. The summed E-state index contributed by atoms with van der Waals surface area (Å²) in [5, 5.41) is 10.3. The van der Waals surface area contributed by atoms with Crippen molar-refractivity contribution in [3.8, 4) is 16.9 Å². The van der Waals surface area contributed by atoms with Gasteiger partial charge in [-0.1, -0.05) is 35.3 Å². The maximum absolute atomic E-state index is 11.8. The summed E-state index contributed by atoms with van der Waals surface area (Å²) in [6.07, 6.45) is 1.23. The van der Waals surface area contributed by atoms with Crippen molar-refractivity contribution in [2.75, 3.05) is 0 Å². The first-order valence-electron chi connectivity index (χ1n) is 6.40. The molecule has 1 atom stereocenters. The molecule has 112 valence electrons. The van der Waals surface area contributed by atoms with Crippen molar-refractivity contribution in [3.05, 3.63) is 58.6 Å². The minimum absolute atomic E-state index is 0.0878. The van der Waals surface area contributed by atoms with Crippen LogP contribution in [0.15, 0.2) is 47.5 Å². The molecule has 0 aliphatic rings. The Kier molecular flexibility index (Phi) is 3.74. The van der Waals surface area contributed by atoms with Crippen LogP contribution in [0.2, 0.25) is 0 Å². The van der Waals surface area contributed by atoms with Crippen LogP contribution < -0.4 is 5.56 Å². The molecule has 0 aliphatic heterocycles. The number of H-pyrrole nitrogens is 1. The van der Waals surface area contributed by atoms with Gasteiger partial charge in [0.1, 0.15) is 11.3 Å². The van der Waals surface area contributed by atoms with Gasteiger partial charge in [0.25, 0.3) is 5.56 Å². The number of benzene rings is 2. The van der Waals surface area contributed by atoms with E-state index in [-0.39, 0.29) is 28.0 Å². The van der Waals surface area contributed by atoms with E-state index < -0.39 is 11.1 Å². The first-order valence-corrected chi connectivity index (χ1v) is 7.64. The molecule has 2 N–H and O–H groups in total. The fraction of sp³-hybridized carbons (Fsp3) is 0.0667. The number of nitrogens with zero attached hydrogens (tertiary/aromatic N) is 1. The zero-order valence-electron chi connectivity index (χ0n) is 11.3. The molecule has 1 aromatic heterocycles. The van der Waals surface area contributed by atoms with Gasteiger partial charge in [0.15, 0.2) is 0 Å². The summed E-state index contributed by atoms with van der Waals surface area (Å²) in [5.74, 6) is -0.188. The van der Waals surface area contributed by atoms with Crippen LogP contribution >= 0.6 is 0 Å². The van der Waals surface area contributed by atoms with Crippen molar-refractivity contribution in [3.63, 3.8) is 0 Å². The first kappa shape index (κ1) is 14.4. The summed E-state index contributed by atoms with van der Waals surface area (Å²) < 4.78 is 21.6. The van der Waals surface area contributed by atoms with Gasteiger partial charge in [0, 0.05) is 5.75 Å². The predicted molar refractivity (Wildman–Crippen MR) is 82.1 cm³/mol. The zero-order valence-corrected chi connectivity index (χ0v) is 12.1. The molecule has 22 heavy (non-hydrogen) atoms. The summed E-state index contributed by atoms with van der Waals surface area (Å²) in [6.45, 7) is 0. The van der Waals surface area contributed by atoms with Gasteiger partial charge in [-0.05, 0) is 28.8 Å². The Labute approximate surface area is 127 Å². The molecule has 0 spiro atoms. The number of aromatic nitrogens is 2. The Bertz CT molecular complexity index is 936. The van der Waals surface area contributed by atoms with Gasteiger partial charge in [-0.3, -0.25) is 9.00 Å². The predicted octanol–water partition coefficient (Wildman–Crippen LogP) is 1.67. The van der Waals surface area contributed by atoms with E-state index in [0.29, 0.717) is 16.7 Å². The van der Waals surface area contributed by atoms with Gasteiger partial charge in [0.05, 0.1) is 11.7 Å². The molecule has 0 amide bonds. The molecule has 0 bridgehead atoms. The molecule has 7 heteroatoms. The number of aromatic hydroxyl groups is 1. The third-order valence-electron chi connectivity index (χ3n) is 3.27. The Balaban J connectivity index is 2.16. The Morgan fingerprint density at radius 3 is 2.82 bits per heavy atom. The second kappa shape index (κ2) is 5.70. The van der Waals surface area contributed by atoms with Crippen LogP contribution in [-0.4, -0.2) is 23.8 Å². The van der Waals surface area contributed by atoms with Gasteiger partial charge in [-0.2, -0.15) is 0 Å². The number of hydrogen-bond acceptors (Lipinski definition) is 5. The van der Waals surface area contributed by atoms with Crippen LogP contribution in [0.25, 0.3) is 22.0 Å². The molecule has 0 saturated heterocycles. The van der Waals surface area contributed by atoms with E-state index in [0.717, 1.165) is 0 Å². The Morgan fingerprint density at radius 1 is 1.23 bits per heavy atom. The molecule has 2 aromatic carbocycles. The van der Waals surface area contributed by atoms with Crippen LogP contribution in [0.1, 0.15) is 5.56 Å². The minimum atomic E-state index is -2.18. The first-order chi connectivity index (χ1) is 10.5. The van der Waals surface area contributed by atoms with Crippen LogP contribution in [0, 0.1) is 0 Å². The van der Waals surface area contributed by atoms with E-state index >= 15 is 0 Å². The van der Waals surface area contributed by atoms with Crippen molar-refractivity contribution in [1.29, 1.82) is 0 Å². The number of aromatic amines is 1. The maximum Gasteiger partial charge on any atom is 0.258 e. The van der Waals surface area contributed by atoms with Crippen LogP contribution in [-0.2, 0) is 16.8 Å². The molecular weight excluding hydrogens is 304 g/mol. The number of phenolic OH excluding ortho intramolecular Hbond substituents is 1. The highest BCUT2D eigenvalue weighted by atomic mass is 32.2. The highest BCUT2D eigenvalue weighted by Crippen LogP contribution is 2.29. The molecule has 1 heterocycles. The second-order valence-electron chi connectivity index (χ2n) is 4.77. The van der Waals surface area contributed by atoms with Gasteiger partial charge in [0.2, 0.25) is 0 Å². The Morgan fingerprint density at radius 2 is 2.05 bits per heavy atom. The van der Waals surface area contributed by atoms with E-state index in [1.807, 2.05) is 0 Å². The molecule has 1 unspecified atom stereocenters. The van der Waals surface area contributed by atoms with Crippen molar-refractivity contribution in [2.24, 2.45) is 0 Å². The largest absolute Gasteiger partial charge is 0.772 e. The van der Waals surface area contributed by atoms with Gasteiger partial charge < -0.3 is 14.6 Å². The van der Waals surface area contributed by atoms with Gasteiger partial charge >= 0.3 is 0 Å². The molecule has 3 aromatic rings. The third kappa shape index (κ3) is 2.76. The average Bonchev–Trinajstić information content (AvgIpc) is 2.48. The molecule has 0 fully saturated rings. The van der Waals surface area contributed by atoms with Crippen molar-refractivity contribution >= 4 is 22.0 Å². The highest BCUT2D eigenvalue weighted by Gasteiger charge is 2.09. The molecular formula is C15H11N2O4S-. The lowest BCUT2D eigenvalue weighted by atomic mass is 10.0. The van der Waals surface area contributed by atoms with E-state index in [1.165, 1.54) is 12.4 Å². The fourth-order valence-corrected chi connectivity index (χ4v) is 2.76. The number of rotatable bonds is 3. The van der Waals surface area contributed by atoms with E-state index in [4.69, 9.17) is 0 Å². The highest BCUT2D eigenvalue weighted by molar-refractivity contribution is 7.78. The van der Waals surface area contributed by atoms with Gasteiger partial charge in [-0.25, -0.2) is 4.98 Å². The van der Waals surface area contributed by atoms with Crippen LogP contribution in [0.5, 0.6) is 5.75 Å². The Hall–Kier alpha value is -2.51. The molecule has 0 radical (unpaired) electrons. The summed E-state index contributed by atoms with van der Waals surface area (Å²) in [5.41, 5.74) is 1.83. The second-order valence-corrected chi connectivity index (χ2v) is 5.67. The number of hydrogen-bond donors (Lipinski definition) is 2. The average molecular weight is 315 g/mol. The summed E-state index contributed by atoms with van der Waals surface area (Å²) >= 11 is -2.18.